The molecule has 0 unspecified atom stereocenters. The van der Waals surface area contributed by atoms with Crippen LogP contribution in [-0.2, 0) is 17.9 Å². The molecule has 2 aromatic rings. The number of ether oxygens (including phenoxy) is 1. The van der Waals surface area contributed by atoms with E-state index >= 15 is 0 Å². The highest BCUT2D eigenvalue weighted by Gasteiger charge is 2.08. The fourth-order valence-corrected chi connectivity index (χ4v) is 2.59. The molecule has 0 saturated carbocycles. The zero-order chi connectivity index (χ0) is 20.4. The molecule has 0 bridgehead atoms. The van der Waals surface area contributed by atoms with Crippen molar-refractivity contribution in [2.75, 3.05) is 13.6 Å². The van der Waals surface area contributed by atoms with Gasteiger partial charge in [0, 0.05) is 25.7 Å². The molecule has 0 aliphatic heterocycles. The molecule has 0 aromatic heterocycles. The Balaban J connectivity index is 0.00000420. The molecule has 158 valence electrons. The molecule has 29 heavy (non-hydrogen) atoms. The summed E-state index contributed by atoms with van der Waals surface area (Å²) in [6, 6.07) is 15.9. The Hall–Kier alpha value is -2.29. The largest absolute Gasteiger partial charge is 0.491 e. The zero-order valence-electron chi connectivity index (χ0n) is 17.5. The van der Waals surface area contributed by atoms with Gasteiger partial charge in [-0.3, -0.25) is 9.79 Å². The first kappa shape index (κ1) is 24.7. The normalized spacial score (nSPS) is 10.9. The van der Waals surface area contributed by atoms with Crippen molar-refractivity contribution in [2.45, 2.75) is 40.0 Å². The quantitative estimate of drug-likeness (QED) is 0.289. The number of benzene rings is 2. The van der Waals surface area contributed by atoms with Gasteiger partial charge in [0.2, 0.25) is 5.91 Å². The Morgan fingerprint density at radius 1 is 1.03 bits per heavy atom. The van der Waals surface area contributed by atoms with E-state index in [1.54, 1.807) is 7.05 Å². The first-order valence-corrected chi connectivity index (χ1v) is 9.49. The maximum absolute atomic E-state index is 12.0. The Morgan fingerprint density at radius 3 is 2.41 bits per heavy atom. The molecule has 2 rings (SSSR count). The van der Waals surface area contributed by atoms with E-state index in [-0.39, 0.29) is 42.5 Å². The van der Waals surface area contributed by atoms with Crippen molar-refractivity contribution in [1.29, 1.82) is 0 Å². The fourth-order valence-electron chi connectivity index (χ4n) is 2.59. The van der Waals surface area contributed by atoms with Gasteiger partial charge in [-0.05, 0) is 38.0 Å². The number of guanidine groups is 1. The van der Waals surface area contributed by atoms with Crippen LogP contribution in [0, 0.1) is 6.92 Å². The minimum Gasteiger partial charge on any atom is -0.491 e. The first-order chi connectivity index (χ1) is 13.5. The molecule has 2 aromatic carbocycles. The van der Waals surface area contributed by atoms with Crippen molar-refractivity contribution in [3.8, 4) is 5.75 Å². The molecule has 0 heterocycles. The van der Waals surface area contributed by atoms with Crippen molar-refractivity contribution in [1.82, 2.24) is 16.0 Å². The van der Waals surface area contributed by atoms with Crippen LogP contribution >= 0.6 is 24.0 Å². The Morgan fingerprint density at radius 2 is 1.76 bits per heavy atom. The van der Waals surface area contributed by atoms with Gasteiger partial charge in [-0.1, -0.05) is 42.5 Å². The van der Waals surface area contributed by atoms with Crippen molar-refractivity contribution >= 4 is 35.8 Å². The SMILES string of the molecule is CN=C(NCC(=O)NCc1ccccc1)NCc1ccc(C)cc1OC(C)C.I. The van der Waals surface area contributed by atoms with E-state index in [1.807, 2.05) is 63.2 Å². The monoisotopic (exact) mass is 510 g/mol. The highest BCUT2D eigenvalue weighted by molar-refractivity contribution is 14.0. The van der Waals surface area contributed by atoms with E-state index in [2.05, 4.69) is 27.0 Å². The Labute approximate surface area is 190 Å². The second-order valence-electron chi connectivity index (χ2n) is 6.82. The molecular formula is C22H31IN4O2. The van der Waals surface area contributed by atoms with Gasteiger partial charge < -0.3 is 20.7 Å². The van der Waals surface area contributed by atoms with Gasteiger partial charge >= 0.3 is 0 Å². The third-order valence-corrected chi connectivity index (χ3v) is 4.00. The average molecular weight is 510 g/mol. The van der Waals surface area contributed by atoms with Crippen LogP contribution in [0.4, 0.5) is 0 Å². The van der Waals surface area contributed by atoms with E-state index in [4.69, 9.17) is 4.74 Å². The number of nitrogens with zero attached hydrogens (tertiary/aromatic N) is 1. The number of aryl methyl sites for hydroxylation is 1. The third kappa shape index (κ3) is 9.17. The van der Waals surface area contributed by atoms with E-state index in [0.717, 1.165) is 22.4 Å². The summed E-state index contributed by atoms with van der Waals surface area (Å²) < 4.78 is 5.90. The van der Waals surface area contributed by atoms with Crippen molar-refractivity contribution < 1.29 is 9.53 Å². The molecule has 0 fully saturated rings. The smallest absolute Gasteiger partial charge is 0.239 e. The predicted octanol–water partition coefficient (Wildman–Crippen LogP) is 3.38. The zero-order valence-corrected chi connectivity index (χ0v) is 19.8. The van der Waals surface area contributed by atoms with Crippen LogP contribution in [0.1, 0.15) is 30.5 Å². The van der Waals surface area contributed by atoms with Gasteiger partial charge in [0.05, 0.1) is 12.6 Å². The molecule has 7 heteroatoms. The minimum atomic E-state index is -0.0917. The average Bonchev–Trinajstić information content (AvgIpc) is 2.68. The summed E-state index contributed by atoms with van der Waals surface area (Å²) in [5, 5.41) is 9.15. The van der Waals surface area contributed by atoms with Gasteiger partial charge in [0.1, 0.15) is 5.75 Å². The van der Waals surface area contributed by atoms with Gasteiger partial charge in [0.25, 0.3) is 0 Å². The number of rotatable bonds is 8. The number of hydrogen-bond donors (Lipinski definition) is 3. The Kier molecular flexibility index (Phi) is 11.1. The fraction of sp³-hybridized carbons (Fsp3) is 0.364. The predicted molar refractivity (Wildman–Crippen MR) is 129 cm³/mol. The number of nitrogens with one attached hydrogen (secondary N) is 3. The number of aliphatic imine (C=N–C) groups is 1. The highest BCUT2D eigenvalue weighted by Crippen LogP contribution is 2.21. The highest BCUT2D eigenvalue weighted by atomic mass is 127. The summed E-state index contributed by atoms with van der Waals surface area (Å²) in [4.78, 5) is 16.2. The summed E-state index contributed by atoms with van der Waals surface area (Å²) in [6.07, 6.45) is 0.103. The number of amides is 1. The summed E-state index contributed by atoms with van der Waals surface area (Å²) in [5.74, 6) is 1.33. The lowest BCUT2D eigenvalue weighted by Gasteiger charge is -2.17. The lowest BCUT2D eigenvalue weighted by atomic mass is 10.1. The van der Waals surface area contributed by atoms with Crippen LogP contribution in [0.2, 0.25) is 0 Å². The van der Waals surface area contributed by atoms with Crippen LogP contribution < -0.4 is 20.7 Å². The first-order valence-electron chi connectivity index (χ1n) is 9.49. The minimum absolute atomic E-state index is 0. The van der Waals surface area contributed by atoms with Gasteiger partial charge in [0.15, 0.2) is 5.96 Å². The molecule has 3 N–H and O–H groups in total. The van der Waals surface area contributed by atoms with Crippen molar-refractivity contribution in [3.63, 3.8) is 0 Å². The van der Waals surface area contributed by atoms with E-state index in [9.17, 15) is 4.79 Å². The number of halogens is 1. The van der Waals surface area contributed by atoms with Crippen LogP contribution in [-0.4, -0.2) is 31.6 Å². The third-order valence-electron chi connectivity index (χ3n) is 4.00. The second-order valence-corrected chi connectivity index (χ2v) is 6.82. The maximum atomic E-state index is 12.0. The van der Waals surface area contributed by atoms with Gasteiger partial charge in [-0.15, -0.1) is 24.0 Å². The standard InChI is InChI=1S/C22H30N4O2.HI/c1-16(2)28-20-12-17(3)10-11-19(20)14-25-22(23-4)26-15-21(27)24-13-18-8-6-5-7-9-18;/h5-12,16H,13-15H2,1-4H3,(H,24,27)(H2,23,25,26);1H. The van der Waals surface area contributed by atoms with Gasteiger partial charge in [-0.2, -0.15) is 0 Å². The summed E-state index contributed by atoms with van der Waals surface area (Å²) in [5.41, 5.74) is 3.25. The number of carbonyl (C=O) groups excluding carboxylic acids is 1. The molecular weight excluding hydrogens is 479 g/mol. The van der Waals surface area contributed by atoms with Gasteiger partial charge in [-0.25, -0.2) is 0 Å². The summed E-state index contributed by atoms with van der Waals surface area (Å²) >= 11 is 0. The second kappa shape index (κ2) is 13.0. The molecule has 0 radical (unpaired) electrons. The Bertz CT molecular complexity index is 795. The van der Waals surface area contributed by atoms with E-state index in [0.29, 0.717) is 19.0 Å². The van der Waals surface area contributed by atoms with E-state index in [1.165, 1.54) is 0 Å². The van der Waals surface area contributed by atoms with Crippen LogP contribution in [0.5, 0.6) is 5.75 Å². The topological polar surface area (TPSA) is 74.8 Å². The number of hydrogen-bond acceptors (Lipinski definition) is 3. The van der Waals surface area contributed by atoms with Crippen LogP contribution in [0.15, 0.2) is 53.5 Å². The summed E-state index contributed by atoms with van der Waals surface area (Å²) in [7, 11) is 1.68. The molecule has 0 aliphatic carbocycles. The summed E-state index contributed by atoms with van der Waals surface area (Å²) in [6.45, 7) is 7.26. The van der Waals surface area contributed by atoms with Crippen molar-refractivity contribution in [3.05, 3.63) is 65.2 Å². The molecule has 0 atom stereocenters. The lowest BCUT2D eigenvalue weighted by Crippen LogP contribution is -2.42. The molecule has 6 nitrogen and oxygen atoms in total. The number of carbonyl (C=O) groups is 1. The molecule has 0 saturated heterocycles. The van der Waals surface area contributed by atoms with Crippen LogP contribution in [0.3, 0.4) is 0 Å². The van der Waals surface area contributed by atoms with Crippen LogP contribution in [0.25, 0.3) is 0 Å². The molecule has 1 amide bonds. The van der Waals surface area contributed by atoms with Crippen molar-refractivity contribution in [2.24, 2.45) is 4.99 Å². The maximum Gasteiger partial charge on any atom is 0.239 e. The van der Waals surface area contributed by atoms with E-state index < -0.39 is 0 Å². The molecule has 0 spiro atoms. The lowest BCUT2D eigenvalue weighted by molar-refractivity contribution is -0.120. The molecule has 0 aliphatic rings.